The molecule has 1 heterocycles. The molecule has 0 radical (unpaired) electrons. The van der Waals surface area contributed by atoms with Crippen LogP contribution in [-0.2, 0) is 11.3 Å². The Kier molecular flexibility index (Phi) is 4.67. The highest BCUT2D eigenvalue weighted by atomic mass is 16.5. The van der Waals surface area contributed by atoms with Gasteiger partial charge < -0.3 is 10.1 Å². The van der Waals surface area contributed by atoms with Crippen molar-refractivity contribution in [3.8, 4) is 11.8 Å². The number of rotatable bonds is 6. The van der Waals surface area contributed by atoms with E-state index < -0.39 is 0 Å². The molecule has 2 aromatic rings. The van der Waals surface area contributed by atoms with Gasteiger partial charge in [-0.2, -0.15) is 5.26 Å². The van der Waals surface area contributed by atoms with Crippen molar-refractivity contribution in [2.24, 2.45) is 0 Å². The van der Waals surface area contributed by atoms with E-state index in [9.17, 15) is 0 Å². The van der Waals surface area contributed by atoms with Crippen molar-refractivity contribution < 1.29 is 4.74 Å². The van der Waals surface area contributed by atoms with E-state index in [0.717, 1.165) is 18.8 Å². The summed E-state index contributed by atoms with van der Waals surface area (Å²) in [6.45, 7) is 2.34. The van der Waals surface area contributed by atoms with Crippen LogP contribution in [-0.4, -0.2) is 29.8 Å². The number of hydrogen-bond donors (Lipinski definition) is 1. The lowest BCUT2D eigenvalue weighted by molar-refractivity contribution is 0.199. The Morgan fingerprint density at radius 3 is 2.84 bits per heavy atom. The highest BCUT2D eigenvalue weighted by Crippen LogP contribution is 2.11. The zero-order valence-electron chi connectivity index (χ0n) is 10.8. The molecule has 5 nitrogen and oxygen atoms in total. The standard InChI is InChI=1S/C14H16N4O/c1-19-9-7-16-11-12-2-4-13(5-3-12)18-8-6-17-14(18)10-15/h2-6,8,16H,7,9,11H2,1H3. The molecule has 0 aliphatic rings. The summed E-state index contributed by atoms with van der Waals surface area (Å²) in [5, 5.41) is 12.2. The fourth-order valence-electron chi connectivity index (χ4n) is 1.78. The zero-order valence-corrected chi connectivity index (χ0v) is 10.8. The number of ether oxygens (including phenoxy) is 1. The Hall–Kier alpha value is -2.16. The van der Waals surface area contributed by atoms with Crippen molar-refractivity contribution in [1.29, 1.82) is 5.26 Å². The maximum Gasteiger partial charge on any atom is 0.217 e. The summed E-state index contributed by atoms with van der Waals surface area (Å²) in [5.74, 6) is 0.394. The number of benzene rings is 1. The molecular weight excluding hydrogens is 240 g/mol. The van der Waals surface area contributed by atoms with E-state index >= 15 is 0 Å². The van der Waals surface area contributed by atoms with E-state index in [4.69, 9.17) is 10.00 Å². The first-order valence-corrected chi connectivity index (χ1v) is 6.07. The second-order valence-corrected chi connectivity index (χ2v) is 4.07. The van der Waals surface area contributed by atoms with Gasteiger partial charge in [-0.3, -0.25) is 4.57 Å². The summed E-state index contributed by atoms with van der Waals surface area (Å²) < 4.78 is 6.74. The van der Waals surface area contributed by atoms with Gasteiger partial charge in [0.1, 0.15) is 6.07 Å². The molecule has 98 valence electrons. The molecule has 0 amide bonds. The Labute approximate surface area is 112 Å². The van der Waals surface area contributed by atoms with E-state index in [1.165, 1.54) is 5.56 Å². The third kappa shape index (κ3) is 3.41. The minimum Gasteiger partial charge on any atom is -0.383 e. The van der Waals surface area contributed by atoms with Gasteiger partial charge in [0.15, 0.2) is 0 Å². The predicted octanol–water partition coefficient (Wildman–Crippen LogP) is 1.48. The SMILES string of the molecule is COCCNCc1ccc(-n2ccnc2C#N)cc1. The van der Waals surface area contributed by atoms with Crippen molar-refractivity contribution in [1.82, 2.24) is 14.9 Å². The molecule has 5 heteroatoms. The number of nitriles is 1. The van der Waals surface area contributed by atoms with Gasteiger partial charge in [-0.05, 0) is 17.7 Å². The van der Waals surface area contributed by atoms with Gasteiger partial charge in [0.2, 0.25) is 5.82 Å². The molecule has 0 spiro atoms. The molecule has 19 heavy (non-hydrogen) atoms. The van der Waals surface area contributed by atoms with Crippen LogP contribution in [0.1, 0.15) is 11.4 Å². The van der Waals surface area contributed by atoms with Crippen LogP contribution < -0.4 is 5.32 Å². The maximum atomic E-state index is 8.93. The van der Waals surface area contributed by atoms with Gasteiger partial charge in [-0.15, -0.1) is 0 Å². The minimum atomic E-state index is 0.394. The quantitative estimate of drug-likeness (QED) is 0.795. The predicted molar refractivity (Wildman–Crippen MR) is 71.9 cm³/mol. The highest BCUT2D eigenvalue weighted by Gasteiger charge is 2.03. The number of nitrogens with one attached hydrogen (secondary N) is 1. The Balaban J connectivity index is 2.01. The molecule has 0 atom stereocenters. The van der Waals surface area contributed by atoms with Crippen LogP contribution in [0, 0.1) is 11.3 Å². The van der Waals surface area contributed by atoms with Gasteiger partial charge in [0.25, 0.3) is 0 Å². The smallest absolute Gasteiger partial charge is 0.217 e. The van der Waals surface area contributed by atoms with E-state index in [1.807, 2.05) is 24.3 Å². The molecule has 2 rings (SSSR count). The summed E-state index contributed by atoms with van der Waals surface area (Å²) in [6.07, 6.45) is 3.41. The van der Waals surface area contributed by atoms with Crippen molar-refractivity contribution in [2.75, 3.05) is 20.3 Å². The first-order valence-electron chi connectivity index (χ1n) is 6.07. The normalized spacial score (nSPS) is 10.3. The zero-order chi connectivity index (χ0) is 13.5. The molecule has 0 fully saturated rings. The molecule has 0 unspecified atom stereocenters. The maximum absolute atomic E-state index is 8.93. The molecule has 0 aliphatic heterocycles. The summed E-state index contributed by atoms with van der Waals surface area (Å²) in [7, 11) is 1.69. The largest absolute Gasteiger partial charge is 0.383 e. The van der Waals surface area contributed by atoms with Crippen molar-refractivity contribution in [3.63, 3.8) is 0 Å². The third-order valence-electron chi connectivity index (χ3n) is 2.77. The fraction of sp³-hybridized carbons (Fsp3) is 0.286. The van der Waals surface area contributed by atoms with Gasteiger partial charge in [-0.25, -0.2) is 4.98 Å². The molecular formula is C14H16N4O. The fourth-order valence-corrected chi connectivity index (χ4v) is 1.78. The lowest BCUT2D eigenvalue weighted by atomic mass is 10.2. The van der Waals surface area contributed by atoms with Crippen molar-refractivity contribution in [2.45, 2.75) is 6.54 Å². The highest BCUT2D eigenvalue weighted by molar-refractivity contribution is 5.37. The molecule has 1 N–H and O–H groups in total. The first-order chi connectivity index (χ1) is 9.35. The van der Waals surface area contributed by atoms with Crippen LogP contribution in [0.15, 0.2) is 36.7 Å². The van der Waals surface area contributed by atoms with Crippen molar-refractivity contribution in [3.05, 3.63) is 48.0 Å². The Morgan fingerprint density at radius 1 is 1.37 bits per heavy atom. The Morgan fingerprint density at radius 2 is 2.16 bits per heavy atom. The molecule has 0 saturated heterocycles. The number of imidazole rings is 1. The van der Waals surface area contributed by atoms with Crippen molar-refractivity contribution >= 4 is 0 Å². The molecule has 0 saturated carbocycles. The Bertz CT molecular complexity index is 554. The molecule has 0 bridgehead atoms. The first kappa shape index (κ1) is 13.3. The van der Waals surface area contributed by atoms with E-state index in [2.05, 4.69) is 16.4 Å². The molecule has 1 aromatic carbocycles. The van der Waals surface area contributed by atoms with Crippen LogP contribution in [0.25, 0.3) is 5.69 Å². The second kappa shape index (κ2) is 6.69. The van der Waals surface area contributed by atoms with E-state index in [-0.39, 0.29) is 0 Å². The number of methoxy groups -OCH3 is 1. The summed E-state index contributed by atoms with van der Waals surface area (Å²) in [5.41, 5.74) is 2.13. The number of hydrogen-bond acceptors (Lipinski definition) is 4. The average molecular weight is 256 g/mol. The molecule has 1 aromatic heterocycles. The number of nitrogens with zero attached hydrogens (tertiary/aromatic N) is 3. The van der Waals surface area contributed by atoms with Gasteiger partial charge >= 0.3 is 0 Å². The van der Waals surface area contributed by atoms with E-state index in [0.29, 0.717) is 12.4 Å². The van der Waals surface area contributed by atoms with Gasteiger partial charge in [0.05, 0.1) is 6.61 Å². The lowest BCUT2D eigenvalue weighted by Gasteiger charge is -2.07. The average Bonchev–Trinajstić information content (AvgIpc) is 2.93. The summed E-state index contributed by atoms with van der Waals surface area (Å²) in [4.78, 5) is 3.98. The summed E-state index contributed by atoms with van der Waals surface area (Å²) in [6, 6.07) is 10.1. The monoisotopic (exact) mass is 256 g/mol. The van der Waals surface area contributed by atoms with Crippen LogP contribution in [0.5, 0.6) is 0 Å². The minimum absolute atomic E-state index is 0.394. The summed E-state index contributed by atoms with van der Waals surface area (Å²) >= 11 is 0. The lowest BCUT2D eigenvalue weighted by Crippen LogP contribution is -2.18. The third-order valence-corrected chi connectivity index (χ3v) is 2.77. The van der Waals surface area contributed by atoms with Crippen LogP contribution >= 0.6 is 0 Å². The second-order valence-electron chi connectivity index (χ2n) is 4.07. The van der Waals surface area contributed by atoms with Crippen LogP contribution in [0.3, 0.4) is 0 Å². The molecule has 0 aliphatic carbocycles. The van der Waals surface area contributed by atoms with Gasteiger partial charge in [0, 0.05) is 38.3 Å². The van der Waals surface area contributed by atoms with Gasteiger partial charge in [-0.1, -0.05) is 12.1 Å². The van der Waals surface area contributed by atoms with Crippen LogP contribution in [0.4, 0.5) is 0 Å². The van der Waals surface area contributed by atoms with Crippen LogP contribution in [0.2, 0.25) is 0 Å². The van der Waals surface area contributed by atoms with E-state index in [1.54, 1.807) is 24.1 Å². The number of aromatic nitrogens is 2. The topological polar surface area (TPSA) is 62.9 Å².